The topological polar surface area (TPSA) is 21.3 Å². The van der Waals surface area contributed by atoms with Gasteiger partial charge in [0.05, 0.1) is 0 Å². The highest BCUT2D eigenvalue weighted by atomic mass is 32.2. The first-order valence-electron chi connectivity index (χ1n) is 6.19. The van der Waals surface area contributed by atoms with E-state index in [1.807, 2.05) is 18.2 Å². The summed E-state index contributed by atoms with van der Waals surface area (Å²) in [4.78, 5) is 1.20. The van der Waals surface area contributed by atoms with E-state index in [2.05, 4.69) is 38.4 Å². The molecule has 0 aromatic heterocycles. The van der Waals surface area contributed by atoms with Crippen LogP contribution in [-0.4, -0.2) is 25.4 Å². The molecule has 0 bridgehead atoms. The number of benzene rings is 1. The number of nitrogens with one attached hydrogen (secondary N) is 1. The number of hydrogen-bond acceptors (Lipinski definition) is 3. The van der Waals surface area contributed by atoms with Crippen LogP contribution in [-0.2, 0) is 0 Å². The van der Waals surface area contributed by atoms with Crippen LogP contribution in [0.4, 0.5) is 0 Å². The maximum Gasteiger partial charge on any atom is 0.133 e. The van der Waals surface area contributed by atoms with Crippen molar-refractivity contribution in [2.24, 2.45) is 5.92 Å². The van der Waals surface area contributed by atoms with Gasteiger partial charge in [0.2, 0.25) is 0 Å². The second-order valence-corrected chi connectivity index (χ2v) is 5.21. The Kier molecular flexibility index (Phi) is 6.45. The first-order chi connectivity index (χ1) is 8.19. The zero-order valence-electron chi connectivity index (χ0n) is 11.2. The molecule has 17 heavy (non-hydrogen) atoms. The molecular formula is C14H23NOS. The van der Waals surface area contributed by atoms with Crippen molar-refractivity contribution in [1.29, 1.82) is 0 Å². The van der Waals surface area contributed by atoms with Gasteiger partial charge in [0.1, 0.15) is 11.9 Å². The van der Waals surface area contributed by atoms with Gasteiger partial charge in [-0.1, -0.05) is 32.9 Å². The van der Waals surface area contributed by atoms with Crippen molar-refractivity contribution in [3.05, 3.63) is 24.3 Å². The predicted molar refractivity (Wildman–Crippen MR) is 76.0 cm³/mol. The fourth-order valence-electron chi connectivity index (χ4n) is 1.58. The fourth-order valence-corrected chi connectivity index (χ4v) is 2.11. The van der Waals surface area contributed by atoms with E-state index in [1.165, 1.54) is 4.90 Å². The molecule has 0 aliphatic rings. The van der Waals surface area contributed by atoms with Gasteiger partial charge in [0.25, 0.3) is 0 Å². The van der Waals surface area contributed by atoms with E-state index in [1.54, 1.807) is 11.8 Å². The van der Waals surface area contributed by atoms with Gasteiger partial charge in [-0.05, 0) is 30.9 Å². The Labute approximate surface area is 109 Å². The molecule has 1 rings (SSSR count). The van der Waals surface area contributed by atoms with Crippen LogP contribution >= 0.6 is 11.8 Å². The molecule has 96 valence electrons. The van der Waals surface area contributed by atoms with Crippen molar-refractivity contribution in [1.82, 2.24) is 5.32 Å². The summed E-state index contributed by atoms with van der Waals surface area (Å²) >= 11 is 1.73. The van der Waals surface area contributed by atoms with Crippen LogP contribution in [0.5, 0.6) is 5.75 Å². The van der Waals surface area contributed by atoms with Crippen LogP contribution in [0.25, 0.3) is 0 Å². The third-order valence-electron chi connectivity index (χ3n) is 2.69. The van der Waals surface area contributed by atoms with Gasteiger partial charge in [-0.3, -0.25) is 0 Å². The maximum absolute atomic E-state index is 6.12. The third kappa shape index (κ3) is 4.60. The first kappa shape index (κ1) is 14.4. The van der Waals surface area contributed by atoms with Crippen LogP contribution < -0.4 is 10.1 Å². The van der Waals surface area contributed by atoms with Crippen molar-refractivity contribution >= 4 is 11.8 Å². The molecule has 0 aliphatic heterocycles. The molecule has 0 aliphatic carbocycles. The Hall–Kier alpha value is -0.670. The number of thioether (sulfide) groups is 1. The zero-order valence-corrected chi connectivity index (χ0v) is 12.0. The molecule has 0 spiro atoms. The van der Waals surface area contributed by atoms with Crippen molar-refractivity contribution in [2.75, 3.05) is 19.3 Å². The lowest BCUT2D eigenvalue weighted by Crippen LogP contribution is -2.35. The molecule has 1 N–H and O–H groups in total. The number of likely N-dealkylation sites (N-methyl/N-ethyl adjacent to an activating group) is 1. The Balaban J connectivity index is 2.71. The van der Waals surface area contributed by atoms with Gasteiger partial charge in [0, 0.05) is 11.4 Å². The maximum atomic E-state index is 6.12. The molecule has 1 aromatic rings. The van der Waals surface area contributed by atoms with Gasteiger partial charge < -0.3 is 10.1 Å². The van der Waals surface area contributed by atoms with Gasteiger partial charge in [0.15, 0.2) is 0 Å². The van der Waals surface area contributed by atoms with Crippen LogP contribution in [0, 0.1) is 5.92 Å². The van der Waals surface area contributed by atoms with E-state index >= 15 is 0 Å². The van der Waals surface area contributed by atoms with Crippen LogP contribution in [0.1, 0.15) is 20.8 Å². The lowest BCUT2D eigenvalue weighted by Gasteiger charge is -2.24. The highest BCUT2D eigenvalue weighted by molar-refractivity contribution is 7.98. The lowest BCUT2D eigenvalue weighted by molar-refractivity contribution is 0.146. The molecule has 1 unspecified atom stereocenters. The van der Waals surface area contributed by atoms with E-state index in [4.69, 9.17) is 4.74 Å². The van der Waals surface area contributed by atoms with E-state index in [0.717, 1.165) is 18.8 Å². The largest absolute Gasteiger partial charge is 0.488 e. The molecule has 0 saturated heterocycles. The standard InChI is InChI=1S/C14H23NOS/c1-5-15-10-13(11(2)3)16-12-8-6-7-9-14(12)17-4/h6-9,11,13,15H,5,10H2,1-4H3. The highest BCUT2D eigenvalue weighted by Crippen LogP contribution is 2.28. The summed E-state index contributed by atoms with van der Waals surface area (Å²) in [6.45, 7) is 8.40. The van der Waals surface area contributed by atoms with Crippen LogP contribution in [0.2, 0.25) is 0 Å². The molecule has 0 saturated carbocycles. The summed E-state index contributed by atoms with van der Waals surface area (Å²) < 4.78 is 6.12. The second-order valence-electron chi connectivity index (χ2n) is 4.36. The van der Waals surface area contributed by atoms with Crippen LogP contribution in [0.15, 0.2) is 29.2 Å². The molecule has 0 radical (unpaired) electrons. The minimum atomic E-state index is 0.225. The quantitative estimate of drug-likeness (QED) is 0.752. The van der Waals surface area contributed by atoms with Crippen molar-refractivity contribution in [3.8, 4) is 5.75 Å². The molecule has 0 amide bonds. The highest BCUT2D eigenvalue weighted by Gasteiger charge is 2.15. The second kappa shape index (κ2) is 7.62. The minimum Gasteiger partial charge on any atom is -0.488 e. The predicted octanol–water partition coefficient (Wildman–Crippen LogP) is 3.42. The summed E-state index contributed by atoms with van der Waals surface area (Å²) in [5.41, 5.74) is 0. The summed E-state index contributed by atoms with van der Waals surface area (Å²) in [6.07, 6.45) is 2.31. The normalized spacial score (nSPS) is 12.8. The summed E-state index contributed by atoms with van der Waals surface area (Å²) in [5, 5.41) is 3.36. The fraction of sp³-hybridized carbons (Fsp3) is 0.571. The number of para-hydroxylation sites is 1. The van der Waals surface area contributed by atoms with Gasteiger partial charge in [-0.15, -0.1) is 11.8 Å². The molecule has 1 atom stereocenters. The number of hydrogen-bond donors (Lipinski definition) is 1. The molecule has 0 heterocycles. The molecule has 3 heteroatoms. The Morgan fingerprint density at radius 2 is 2.00 bits per heavy atom. The Morgan fingerprint density at radius 1 is 1.29 bits per heavy atom. The molecule has 2 nitrogen and oxygen atoms in total. The average molecular weight is 253 g/mol. The average Bonchev–Trinajstić information content (AvgIpc) is 2.34. The van der Waals surface area contributed by atoms with Crippen molar-refractivity contribution in [2.45, 2.75) is 31.8 Å². The van der Waals surface area contributed by atoms with Gasteiger partial charge >= 0.3 is 0 Å². The molecule has 0 fully saturated rings. The summed E-state index contributed by atoms with van der Waals surface area (Å²) in [5.74, 6) is 1.50. The van der Waals surface area contributed by atoms with E-state index < -0.39 is 0 Å². The summed E-state index contributed by atoms with van der Waals surface area (Å²) in [7, 11) is 0. The van der Waals surface area contributed by atoms with E-state index in [-0.39, 0.29) is 6.10 Å². The van der Waals surface area contributed by atoms with Crippen LogP contribution in [0.3, 0.4) is 0 Å². The van der Waals surface area contributed by atoms with Crippen molar-refractivity contribution in [3.63, 3.8) is 0 Å². The number of rotatable bonds is 7. The Morgan fingerprint density at radius 3 is 2.59 bits per heavy atom. The monoisotopic (exact) mass is 253 g/mol. The minimum absolute atomic E-state index is 0.225. The summed E-state index contributed by atoms with van der Waals surface area (Å²) in [6, 6.07) is 8.23. The van der Waals surface area contributed by atoms with Gasteiger partial charge in [-0.2, -0.15) is 0 Å². The Bertz CT molecular complexity index is 328. The van der Waals surface area contributed by atoms with E-state index in [0.29, 0.717) is 5.92 Å². The number of ether oxygens (including phenoxy) is 1. The van der Waals surface area contributed by atoms with Crippen molar-refractivity contribution < 1.29 is 4.74 Å². The third-order valence-corrected chi connectivity index (χ3v) is 3.46. The molecule has 1 aromatic carbocycles. The zero-order chi connectivity index (χ0) is 12.7. The van der Waals surface area contributed by atoms with Gasteiger partial charge in [-0.25, -0.2) is 0 Å². The molecular weight excluding hydrogens is 230 g/mol. The SMILES string of the molecule is CCNCC(Oc1ccccc1SC)C(C)C. The smallest absolute Gasteiger partial charge is 0.133 e. The first-order valence-corrected chi connectivity index (χ1v) is 7.41. The lowest BCUT2D eigenvalue weighted by atomic mass is 10.1. The van der Waals surface area contributed by atoms with E-state index in [9.17, 15) is 0 Å².